The van der Waals surface area contributed by atoms with E-state index in [2.05, 4.69) is 5.92 Å². The number of hydrogen-bond acceptors (Lipinski definition) is 2. The van der Waals surface area contributed by atoms with E-state index < -0.39 is 5.60 Å². The molecule has 0 aromatic carbocycles. The van der Waals surface area contributed by atoms with E-state index in [9.17, 15) is 9.90 Å². The van der Waals surface area contributed by atoms with Gasteiger partial charge in [0, 0.05) is 11.8 Å². The van der Waals surface area contributed by atoms with Crippen molar-refractivity contribution in [3.63, 3.8) is 0 Å². The van der Waals surface area contributed by atoms with Crippen LogP contribution in [0.4, 0.5) is 0 Å². The molecule has 5 aliphatic rings. The second-order valence-corrected chi connectivity index (χ2v) is 9.27. The summed E-state index contributed by atoms with van der Waals surface area (Å²) in [6, 6.07) is 0. The fraction of sp³-hybridized carbons (Fsp3) is 0.773. The van der Waals surface area contributed by atoms with Crippen molar-refractivity contribution < 1.29 is 9.90 Å². The number of hydrogen-bond donors (Lipinski definition) is 1. The average Bonchev–Trinajstić information content (AvgIpc) is 2.87. The molecule has 5 aliphatic carbocycles. The maximum absolute atomic E-state index is 11.9. The summed E-state index contributed by atoms with van der Waals surface area (Å²) in [7, 11) is 0. The van der Waals surface area contributed by atoms with E-state index in [0.717, 1.165) is 56.8 Å². The highest BCUT2D eigenvalue weighted by Crippen LogP contribution is 2.70. The first-order valence-corrected chi connectivity index (χ1v) is 10.0. The molecule has 0 radical (unpaired) electrons. The summed E-state index contributed by atoms with van der Waals surface area (Å²) in [5.41, 5.74) is 0.591. The second-order valence-electron chi connectivity index (χ2n) is 9.27. The number of rotatable bonds is 0. The Morgan fingerprint density at radius 3 is 2.88 bits per heavy atom. The molecule has 1 spiro atoms. The van der Waals surface area contributed by atoms with Crippen LogP contribution in [0.15, 0.2) is 11.6 Å². The topological polar surface area (TPSA) is 37.3 Å². The maximum atomic E-state index is 11.9. The Morgan fingerprint density at radius 2 is 2.04 bits per heavy atom. The van der Waals surface area contributed by atoms with Crippen LogP contribution in [0.2, 0.25) is 0 Å². The van der Waals surface area contributed by atoms with Crippen LogP contribution in [0, 0.1) is 47.3 Å². The van der Waals surface area contributed by atoms with Crippen molar-refractivity contribution >= 4 is 5.78 Å². The van der Waals surface area contributed by atoms with Crippen molar-refractivity contribution in [3.8, 4) is 12.3 Å². The molecule has 0 aromatic rings. The normalized spacial score (nSPS) is 52.6. The van der Waals surface area contributed by atoms with Gasteiger partial charge in [0.25, 0.3) is 0 Å². The molecule has 0 heterocycles. The third kappa shape index (κ3) is 1.75. The molecular weight excluding hydrogens is 296 g/mol. The first-order chi connectivity index (χ1) is 11.6. The first-order valence-electron chi connectivity index (χ1n) is 10.0. The molecule has 7 atom stereocenters. The minimum absolute atomic E-state index is 0.00244. The van der Waals surface area contributed by atoms with Crippen molar-refractivity contribution in [2.24, 2.45) is 35.0 Å². The Labute approximate surface area is 145 Å². The van der Waals surface area contributed by atoms with Gasteiger partial charge in [0.15, 0.2) is 5.78 Å². The number of ketones is 1. The zero-order chi connectivity index (χ0) is 16.5. The van der Waals surface area contributed by atoms with E-state index in [1.54, 1.807) is 0 Å². The van der Waals surface area contributed by atoms with Gasteiger partial charge in [-0.1, -0.05) is 24.3 Å². The molecule has 128 valence electrons. The lowest BCUT2D eigenvalue weighted by Gasteiger charge is -2.61. The lowest BCUT2D eigenvalue weighted by atomic mass is 9.43. The van der Waals surface area contributed by atoms with Crippen LogP contribution in [0.3, 0.4) is 0 Å². The molecule has 0 amide bonds. The number of fused-ring (bicyclic) bond motifs is 6. The maximum Gasteiger partial charge on any atom is 0.155 e. The van der Waals surface area contributed by atoms with Gasteiger partial charge in [-0.25, -0.2) is 0 Å². The van der Waals surface area contributed by atoms with Gasteiger partial charge >= 0.3 is 0 Å². The molecule has 1 N–H and O–H groups in total. The number of carbonyl (C=O) groups is 1. The monoisotopic (exact) mass is 324 g/mol. The van der Waals surface area contributed by atoms with Gasteiger partial charge in [-0.2, -0.15) is 0 Å². The molecule has 2 heteroatoms. The predicted octanol–water partition coefficient (Wildman–Crippen LogP) is 3.88. The van der Waals surface area contributed by atoms with Crippen LogP contribution in [0.25, 0.3) is 0 Å². The standard InChI is InChI=1S/C22H28O2/c1-2-22(24)11-9-19-18-7-5-14-12-16(23)6-8-17(14)20(18)15-4-3-10-21(19,22)13-15/h1,12,15,17-20,24H,3-11,13H2/t15-,17-,18-,19-,20+,21-,22-/m0/s1. The van der Waals surface area contributed by atoms with Crippen molar-refractivity contribution in [3.05, 3.63) is 11.6 Å². The summed E-state index contributed by atoms with van der Waals surface area (Å²) in [5, 5.41) is 11.3. The quantitative estimate of drug-likeness (QED) is 0.687. The summed E-state index contributed by atoms with van der Waals surface area (Å²) in [6.45, 7) is 0. The SMILES string of the molecule is C#C[C@]1(O)CC[C@H]2[C@@H]3CCC4=CC(=O)CC[C@@H]4[C@H]3[C@H]3CCC[C@]21C3. The van der Waals surface area contributed by atoms with Crippen LogP contribution >= 0.6 is 0 Å². The lowest BCUT2D eigenvalue weighted by Crippen LogP contribution is -2.58. The molecule has 0 aliphatic heterocycles. The van der Waals surface area contributed by atoms with E-state index in [-0.39, 0.29) is 5.41 Å². The average molecular weight is 324 g/mol. The Kier molecular flexibility index (Phi) is 3.15. The first kappa shape index (κ1) is 15.2. The van der Waals surface area contributed by atoms with E-state index in [0.29, 0.717) is 23.5 Å². The zero-order valence-corrected chi connectivity index (χ0v) is 14.5. The smallest absolute Gasteiger partial charge is 0.155 e. The number of terminal acetylenes is 1. The van der Waals surface area contributed by atoms with Gasteiger partial charge in [0.1, 0.15) is 5.60 Å². The van der Waals surface area contributed by atoms with Crippen molar-refractivity contribution in [2.45, 2.75) is 69.8 Å². The molecule has 4 saturated carbocycles. The number of carbonyl (C=O) groups excluding carboxylic acids is 1. The fourth-order valence-corrected chi connectivity index (χ4v) is 7.97. The fourth-order valence-electron chi connectivity index (χ4n) is 7.97. The highest BCUT2D eigenvalue weighted by molar-refractivity contribution is 5.91. The van der Waals surface area contributed by atoms with Crippen LogP contribution in [-0.2, 0) is 4.79 Å². The molecule has 2 nitrogen and oxygen atoms in total. The van der Waals surface area contributed by atoms with Gasteiger partial charge in [-0.05, 0) is 80.6 Å². The third-order valence-electron chi connectivity index (χ3n) is 8.72. The lowest BCUT2D eigenvalue weighted by molar-refractivity contribution is -0.146. The molecule has 24 heavy (non-hydrogen) atoms. The number of aliphatic hydroxyl groups is 1. The Morgan fingerprint density at radius 1 is 1.17 bits per heavy atom. The van der Waals surface area contributed by atoms with E-state index >= 15 is 0 Å². The Hall–Kier alpha value is -1.07. The summed E-state index contributed by atoms with van der Waals surface area (Å²) < 4.78 is 0. The molecule has 5 rings (SSSR count). The minimum atomic E-state index is -0.861. The van der Waals surface area contributed by atoms with Crippen molar-refractivity contribution in [1.82, 2.24) is 0 Å². The number of allylic oxidation sites excluding steroid dienone is 1. The van der Waals surface area contributed by atoms with Crippen LogP contribution < -0.4 is 0 Å². The molecule has 0 saturated heterocycles. The summed E-state index contributed by atoms with van der Waals surface area (Å²) in [6.07, 6.45) is 18.7. The van der Waals surface area contributed by atoms with Crippen LogP contribution in [0.1, 0.15) is 64.2 Å². The minimum Gasteiger partial charge on any atom is -0.377 e. The van der Waals surface area contributed by atoms with Gasteiger partial charge < -0.3 is 5.11 Å². The van der Waals surface area contributed by atoms with Crippen molar-refractivity contribution in [2.75, 3.05) is 0 Å². The van der Waals surface area contributed by atoms with E-state index in [1.807, 2.05) is 6.08 Å². The predicted molar refractivity (Wildman–Crippen MR) is 92.9 cm³/mol. The largest absolute Gasteiger partial charge is 0.377 e. The second kappa shape index (κ2) is 4.98. The Bertz CT molecular complexity index is 655. The van der Waals surface area contributed by atoms with E-state index in [1.165, 1.54) is 24.8 Å². The molecule has 0 unspecified atom stereocenters. The highest BCUT2D eigenvalue weighted by atomic mass is 16.3. The van der Waals surface area contributed by atoms with Crippen LogP contribution in [-0.4, -0.2) is 16.5 Å². The van der Waals surface area contributed by atoms with Gasteiger partial charge in [0.05, 0.1) is 0 Å². The summed E-state index contributed by atoms with van der Waals surface area (Å²) in [4.78, 5) is 11.9. The van der Waals surface area contributed by atoms with Gasteiger partial charge in [-0.3, -0.25) is 4.79 Å². The Balaban J connectivity index is 1.56. The van der Waals surface area contributed by atoms with Crippen LogP contribution in [0.5, 0.6) is 0 Å². The highest BCUT2D eigenvalue weighted by Gasteiger charge is 2.67. The third-order valence-corrected chi connectivity index (χ3v) is 8.72. The summed E-state index contributed by atoms with van der Waals surface area (Å²) >= 11 is 0. The van der Waals surface area contributed by atoms with Gasteiger partial charge in [0.2, 0.25) is 0 Å². The molecule has 4 fully saturated rings. The summed E-state index contributed by atoms with van der Waals surface area (Å²) in [5.74, 6) is 6.62. The molecule has 2 bridgehead atoms. The van der Waals surface area contributed by atoms with Gasteiger partial charge in [-0.15, -0.1) is 6.42 Å². The zero-order valence-electron chi connectivity index (χ0n) is 14.5. The molecule has 0 aromatic heterocycles. The molecular formula is C22H28O2. The van der Waals surface area contributed by atoms with E-state index in [4.69, 9.17) is 6.42 Å². The van der Waals surface area contributed by atoms with Crippen molar-refractivity contribution in [1.29, 1.82) is 0 Å².